The largest absolute Gasteiger partial charge is 0.358 e. The van der Waals surface area contributed by atoms with Gasteiger partial charge >= 0.3 is 0 Å². The highest BCUT2D eigenvalue weighted by Gasteiger charge is 2.14. The van der Waals surface area contributed by atoms with E-state index < -0.39 is 0 Å². The SMILES string of the molecule is c1cc2nc(c1)-c1cccc3cc([nH]c13)Cc1cc3cccc(c3[nH]1)-c1cccc-2n1. The van der Waals surface area contributed by atoms with Crippen LogP contribution in [0.4, 0.5) is 0 Å². The molecule has 0 saturated heterocycles. The summed E-state index contributed by atoms with van der Waals surface area (Å²) in [5, 5.41) is 2.40. The van der Waals surface area contributed by atoms with Gasteiger partial charge in [-0.25, -0.2) is 9.97 Å². The second kappa shape index (κ2) is 6.16. The predicted molar refractivity (Wildman–Crippen MR) is 125 cm³/mol. The number of H-pyrrole nitrogens is 2. The molecule has 146 valence electrons. The van der Waals surface area contributed by atoms with Crippen molar-refractivity contribution in [2.45, 2.75) is 6.42 Å². The minimum absolute atomic E-state index is 0.809. The molecule has 0 radical (unpaired) electrons. The van der Waals surface area contributed by atoms with Gasteiger partial charge in [-0.05, 0) is 36.4 Å². The first kappa shape index (κ1) is 16.6. The average molecular weight is 398 g/mol. The monoisotopic (exact) mass is 398 g/mol. The summed E-state index contributed by atoms with van der Waals surface area (Å²) in [4.78, 5) is 17.3. The third-order valence-corrected chi connectivity index (χ3v) is 6.12. The molecule has 4 nitrogen and oxygen atoms in total. The number of hydrogen-bond acceptors (Lipinski definition) is 2. The third-order valence-electron chi connectivity index (χ3n) is 6.12. The van der Waals surface area contributed by atoms with Crippen LogP contribution < -0.4 is 0 Å². The fourth-order valence-electron chi connectivity index (χ4n) is 4.71. The van der Waals surface area contributed by atoms with Gasteiger partial charge in [0.05, 0.1) is 33.8 Å². The van der Waals surface area contributed by atoms with Gasteiger partial charge in [-0.2, -0.15) is 0 Å². The summed E-state index contributed by atoms with van der Waals surface area (Å²) in [7, 11) is 0. The fourth-order valence-corrected chi connectivity index (χ4v) is 4.71. The zero-order valence-electron chi connectivity index (χ0n) is 16.7. The van der Waals surface area contributed by atoms with Gasteiger partial charge in [0.15, 0.2) is 0 Å². The number of rotatable bonds is 0. The van der Waals surface area contributed by atoms with Gasteiger partial charge in [-0.1, -0.05) is 48.5 Å². The molecular formula is C27H18N4. The van der Waals surface area contributed by atoms with E-state index >= 15 is 0 Å². The summed E-state index contributed by atoms with van der Waals surface area (Å²) < 4.78 is 0. The first-order valence-corrected chi connectivity index (χ1v) is 10.5. The summed E-state index contributed by atoms with van der Waals surface area (Å²) in [6, 6.07) is 29.6. The summed E-state index contributed by atoms with van der Waals surface area (Å²) in [5.41, 5.74) is 10.5. The highest BCUT2D eigenvalue weighted by Crippen LogP contribution is 2.33. The molecule has 0 fully saturated rings. The van der Waals surface area contributed by atoms with Gasteiger partial charge in [-0.15, -0.1) is 0 Å². The van der Waals surface area contributed by atoms with Crippen molar-refractivity contribution >= 4 is 21.8 Å². The van der Waals surface area contributed by atoms with Crippen molar-refractivity contribution in [3.63, 3.8) is 0 Å². The second-order valence-corrected chi connectivity index (χ2v) is 8.12. The maximum Gasteiger partial charge on any atom is 0.0893 e. The number of hydrogen-bond donors (Lipinski definition) is 2. The number of aromatic nitrogens is 4. The highest BCUT2D eigenvalue weighted by molar-refractivity contribution is 5.95. The highest BCUT2D eigenvalue weighted by atomic mass is 14.8. The molecule has 0 aliphatic carbocycles. The minimum atomic E-state index is 0.809. The van der Waals surface area contributed by atoms with Crippen LogP contribution in [0.25, 0.3) is 55.7 Å². The average Bonchev–Trinajstić information content (AvgIpc) is 3.41. The number of nitrogens with one attached hydrogen (secondary N) is 2. The van der Waals surface area contributed by atoms with Gasteiger partial charge in [-0.3, -0.25) is 0 Å². The van der Waals surface area contributed by atoms with E-state index in [0.29, 0.717) is 0 Å². The van der Waals surface area contributed by atoms with Gasteiger partial charge in [0.2, 0.25) is 0 Å². The number of pyridine rings is 2. The van der Waals surface area contributed by atoms with Crippen molar-refractivity contribution in [3.8, 4) is 33.9 Å². The van der Waals surface area contributed by atoms with Gasteiger partial charge in [0.25, 0.3) is 0 Å². The Labute approximate surface area is 178 Å². The molecule has 1 aliphatic rings. The molecule has 4 aromatic heterocycles. The lowest BCUT2D eigenvalue weighted by Gasteiger charge is -2.08. The lowest BCUT2D eigenvalue weighted by molar-refractivity contribution is 1.07. The Morgan fingerprint density at radius 2 is 0.968 bits per heavy atom. The third kappa shape index (κ3) is 2.55. The first-order valence-electron chi connectivity index (χ1n) is 10.5. The summed E-state index contributed by atoms with van der Waals surface area (Å²) in [5.74, 6) is 0. The zero-order chi connectivity index (χ0) is 20.4. The molecule has 0 unspecified atom stereocenters. The van der Waals surface area contributed by atoms with E-state index in [1.54, 1.807) is 0 Å². The number of para-hydroxylation sites is 2. The molecule has 0 saturated carbocycles. The van der Waals surface area contributed by atoms with Gasteiger partial charge in [0.1, 0.15) is 0 Å². The Morgan fingerprint density at radius 1 is 0.516 bits per heavy atom. The number of benzene rings is 2. The quantitative estimate of drug-likeness (QED) is 0.313. The molecule has 8 bridgehead atoms. The normalized spacial score (nSPS) is 12.4. The van der Waals surface area contributed by atoms with Crippen LogP contribution in [0.5, 0.6) is 0 Å². The molecule has 0 atom stereocenters. The molecule has 7 rings (SSSR count). The number of aromatic amines is 2. The number of fused-ring (bicyclic) bond motifs is 9. The summed E-state index contributed by atoms with van der Waals surface area (Å²) in [6.45, 7) is 0. The topological polar surface area (TPSA) is 57.4 Å². The second-order valence-electron chi connectivity index (χ2n) is 8.12. The Hall–Kier alpha value is -4.18. The maximum absolute atomic E-state index is 4.99. The van der Waals surface area contributed by atoms with E-state index in [1.807, 2.05) is 12.1 Å². The molecule has 0 amide bonds. The molecule has 31 heavy (non-hydrogen) atoms. The first-order chi connectivity index (χ1) is 15.3. The lowest BCUT2D eigenvalue weighted by atomic mass is 10.1. The van der Waals surface area contributed by atoms with Crippen molar-refractivity contribution in [3.05, 3.63) is 96.3 Å². The van der Waals surface area contributed by atoms with E-state index in [2.05, 4.69) is 82.8 Å². The Bertz CT molecular complexity index is 1500. The summed E-state index contributed by atoms with van der Waals surface area (Å²) in [6.07, 6.45) is 0.809. The molecular weight excluding hydrogens is 380 g/mol. The van der Waals surface area contributed by atoms with Crippen LogP contribution in [-0.2, 0) is 6.42 Å². The fraction of sp³-hybridized carbons (Fsp3) is 0.0370. The van der Waals surface area contributed by atoms with E-state index in [0.717, 1.165) is 51.4 Å². The maximum atomic E-state index is 4.99. The molecule has 6 aromatic rings. The van der Waals surface area contributed by atoms with Crippen molar-refractivity contribution in [1.82, 2.24) is 19.9 Å². The van der Waals surface area contributed by atoms with Crippen LogP contribution >= 0.6 is 0 Å². The van der Waals surface area contributed by atoms with Gasteiger partial charge < -0.3 is 9.97 Å². The minimum Gasteiger partial charge on any atom is -0.358 e. The van der Waals surface area contributed by atoms with E-state index in [9.17, 15) is 0 Å². The van der Waals surface area contributed by atoms with Crippen molar-refractivity contribution in [2.75, 3.05) is 0 Å². The molecule has 4 heteroatoms. The molecule has 5 heterocycles. The molecule has 0 spiro atoms. The van der Waals surface area contributed by atoms with E-state index in [-0.39, 0.29) is 0 Å². The number of nitrogens with zero attached hydrogens (tertiary/aromatic N) is 2. The molecule has 1 aliphatic heterocycles. The van der Waals surface area contributed by atoms with Crippen LogP contribution in [0.3, 0.4) is 0 Å². The smallest absolute Gasteiger partial charge is 0.0893 e. The van der Waals surface area contributed by atoms with Crippen molar-refractivity contribution in [1.29, 1.82) is 0 Å². The van der Waals surface area contributed by atoms with Crippen LogP contribution in [0, 0.1) is 0 Å². The van der Waals surface area contributed by atoms with E-state index in [4.69, 9.17) is 9.97 Å². The Kier molecular flexibility index (Phi) is 3.30. The van der Waals surface area contributed by atoms with E-state index in [1.165, 1.54) is 22.2 Å². The summed E-state index contributed by atoms with van der Waals surface area (Å²) >= 11 is 0. The Morgan fingerprint density at radius 3 is 1.48 bits per heavy atom. The van der Waals surface area contributed by atoms with Crippen LogP contribution in [-0.4, -0.2) is 19.9 Å². The van der Waals surface area contributed by atoms with Crippen molar-refractivity contribution in [2.24, 2.45) is 0 Å². The van der Waals surface area contributed by atoms with Crippen LogP contribution in [0.2, 0.25) is 0 Å². The predicted octanol–water partition coefficient (Wildman–Crippen LogP) is 6.34. The van der Waals surface area contributed by atoms with Crippen LogP contribution in [0.15, 0.2) is 84.9 Å². The standard InChI is InChI=1S/C27H18N4/c1-5-16-13-18-15-19-14-17-6-2-8-21(27(17)29-19)23-10-4-12-25(31-23)24-11-3-9-22(30-24)20(7-1)26(16)28-18/h1-14,28-29H,15H2. The lowest BCUT2D eigenvalue weighted by Crippen LogP contribution is -1.93. The van der Waals surface area contributed by atoms with Gasteiger partial charge in [0, 0.05) is 39.7 Å². The molecule has 2 N–H and O–H groups in total. The van der Waals surface area contributed by atoms with Crippen molar-refractivity contribution < 1.29 is 0 Å². The molecule has 2 aromatic carbocycles. The van der Waals surface area contributed by atoms with Crippen LogP contribution in [0.1, 0.15) is 11.4 Å². The Balaban J connectivity index is 1.59. The zero-order valence-corrected chi connectivity index (χ0v) is 16.7.